The minimum atomic E-state index is -4.07. The Kier molecular flexibility index (Phi) is 6.58. The summed E-state index contributed by atoms with van der Waals surface area (Å²) in [5.41, 5.74) is 1.09. The molecule has 0 saturated heterocycles. The maximum atomic E-state index is 12.9. The van der Waals surface area contributed by atoms with Crippen LogP contribution in [0.5, 0.6) is 0 Å². The summed E-state index contributed by atoms with van der Waals surface area (Å²) in [7, 11) is -0.797. The number of nitrogens with zero attached hydrogens (tertiary/aromatic N) is 7. The van der Waals surface area contributed by atoms with E-state index in [-0.39, 0.29) is 26.3 Å². The fourth-order valence-electron chi connectivity index (χ4n) is 3.47. The number of anilines is 1. The number of benzene rings is 1. The van der Waals surface area contributed by atoms with Crippen LogP contribution >= 0.6 is 11.3 Å². The third-order valence-corrected chi connectivity index (χ3v) is 7.62. The first-order valence-corrected chi connectivity index (χ1v) is 12.8. The van der Waals surface area contributed by atoms with Crippen molar-refractivity contribution >= 4 is 55.5 Å². The number of hydrogen-bond donors (Lipinski definition) is 1. The van der Waals surface area contributed by atoms with E-state index < -0.39 is 15.6 Å². The number of aromatic nitrogens is 3. The second kappa shape index (κ2) is 9.46. The molecule has 0 spiro atoms. The molecule has 3 aromatic heterocycles. The highest BCUT2D eigenvalue weighted by molar-refractivity contribution is 7.92. The second-order valence-electron chi connectivity index (χ2n) is 7.65. The van der Waals surface area contributed by atoms with Gasteiger partial charge in [-0.3, -0.25) is 0 Å². The topological polar surface area (TPSA) is 146 Å². The predicted octanol–water partition coefficient (Wildman–Crippen LogP) is 2.50. The third-order valence-electron chi connectivity index (χ3n) is 5.14. The van der Waals surface area contributed by atoms with Gasteiger partial charge in [0.25, 0.3) is 4.34 Å². The molecule has 0 atom stereocenters. The van der Waals surface area contributed by atoms with Crippen LogP contribution in [0, 0.1) is 0 Å². The van der Waals surface area contributed by atoms with E-state index in [1.54, 1.807) is 20.2 Å². The zero-order valence-corrected chi connectivity index (χ0v) is 21.0. The molecule has 0 aliphatic heterocycles. The average molecular weight is 518 g/mol. The summed E-state index contributed by atoms with van der Waals surface area (Å²) in [6.07, 6.45) is 2.18. The van der Waals surface area contributed by atoms with Crippen molar-refractivity contribution in [2.24, 2.45) is 9.55 Å². The number of hydrogen-bond acceptors (Lipinski definition) is 10. The summed E-state index contributed by atoms with van der Waals surface area (Å²) >= 11 is 0.770. The molecule has 4 aromatic rings. The fourth-order valence-corrected chi connectivity index (χ4v) is 5.47. The van der Waals surface area contributed by atoms with Crippen LogP contribution in [-0.4, -0.2) is 72.9 Å². The molecule has 1 aromatic carbocycles. The molecule has 4 rings (SSSR count). The molecule has 0 fully saturated rings. The summed E-state index contributed by atoms with van der Waals surface area (Å²) in [4.78, 5) is 21.1. The monoisotopic (exact) mass is 517 g/mol. The third kappa shape index (κ3) is 4.61. The Morgan fingerprint density at radius 1 is 1.23 bits per heavy atom. The minimum absolute atomic E-state index is 0.114. The lowest BCUT2D eigenvalue weighted by Gasteiger charge is -2.20. The smallest absolute Gasteiger partial charge is 0.345 e. The van der Waals surface area contributed by atoms with Crippen LogP contribution in [0.1, 0.15) is 19.5 Å². The van der Waals surface area contributed by atoms with Crippen LogP contribution in [-0.2, 0) is 10.0 Å². The first-order valence-electron chi connectivity index (χ1n) is 10.6. The van der Waals surface area contributed by atoms with Gasteiger partial charge in [-0.05, 0) is 32.0 Å². The quantitative estimate of drug-likeness (QED) is 0.122. The van der Waals surface area contributed by atoms with Crippen LogP contribution in [0.15, 0.2) is 47.4 Å². The molecule has 0 bridgehead atoms. The van der Waals surface area contributed by atoms with Gasteiger partial charge in [0.2, 0.25) is 4.96 Å². The van der Waals surface area contributed by atoms with E-state index in [4.69, 9.17) is 4.42 Å². The Hall–Kier alpha value is -3.78. The zero-order valence-electron chi connectivity index (χ0n) is 19.4. The van der Waals surface area contributed by atoms with Crippen LogP contribution in [0.2, 0.25) is 0 Å². The van der Waals surface area contributed by atoms with Gasteiger partial charge in [0.15, 0.2) is 0 Å². The van der Waals surface area contributed by atoms with Crippen molar-refractivity contribution in [2.45, 2.75) is 18.2 Å². The molecular weight excluding hydrogens is 494 g/mol. The standard InChI is InChI=1S/C21H23N7O5S2/c1-5-27(6-2)14-8-7-13-9-15(19(29)33-17(13)10-14)18-16(11-22-30)28-20(24-18)34-21(25-28)35(31,32)23-12-26(3)4/h7-12,30H,5-6H2,1-4H3/b22-11+,23-12+. The Balaban J connectivity index is 1.84. The van der Waals surface area contributed by atoms with Gasteiger partial charge in [-0.2, -0.15) is 8.42 Å². The van der Waals surface area contributed by atoms with E-state index in [0.717, 1.165) is 42.7 Å². The summed E-state index contributed by atoms with van der Waals surface area (Å²) in [6.45, 7) is 5.71. The minimum Gasteiger partial charge on any atom is -0.422 e. The normalized spacial score (nSPS) is 12.5. The van der Waals surface area contributed by atoms with Crippen LogP contribution < -0.4 is 10.5 Å². The van der Waals surface area contributed by atoms with E-state index >= 15 is 0 Å². The number of sulfonamides is 1. The first kappa shape index (κ1) is 24.3. The van der Waals surface area contributed by atoms with Gasteiger partial charge in [-0.25, -0.2) is 14.3 Å². The van der Waals surface area contributed by atoms with E-state index in [1.165, 1.54) is 9.42 Å². The Bertz CT molecular complexity index is 1610. The molecule has 0 aliphatic rings. The van der Waals surface area contributed by atoms with Crippen LogP contribution in [0.4, 0.5) is 5.69 Å². The lowest BCUT2D eigenvalue weighted by molar-refractivity contribution is 0.321. The van der Waals surface area contributed by atoms with Crippen molar-refractivity contribution in [1.29, 1.82) is 0 Å². The summed E-state index contributed by atoms with van der Waals surface area (Å²) in [5, 5.41) is 17.0. The molecule has 12 nitrogen and oxygen atoms in total. The average Bonchev–Trinajstić information content (AvgIpc) is 3.38. The molecule has 14 heteroatoms. The SMILES string of the molecule is CCN(CC)c1ccc2cc(-c3nc4sc(S(=O)(=O)/N=C/N(C)C)nn4c3/C=N/O)c(=O)oc2c1. The van der Waals surface area contributed by atoms with Gasteiger partial charge in [-0.1, -0.05) is 16.5 Å². The number of fused-ring (bicyclic) bond motifs is 2. The van der Waals surface area contributed by atoms with E-state index in [2.05, 4.69) is 24.5 Å². The summed E-state index contributed by atoms with van der Waals surface area (Å²) in [6, 6.07) is 7.23. The molecule has 0 aliphatic carbocycles. The highest BCUT2D eigenvalue weighted by atomic mass is 32.2. The largest absolute Gasteiger partial charge is 0.422 e. The van der Waals surface area contributed by atoms with Gasteiger partial charge < -0.3 is 19.4 Å². The second-order valence-corrected chi connectivity index (χ2v) is 10.4. The number of rotatable bonds is 8. The van der Waals surface area contributed by atoms with Crippen molar-refractivity contribution in [3.63, 3.8) is 0 Å². The molecule has 35 heavy (non-hydrogen) atoms. The van der Waals surface area contributed by atoms with E-state index in [0.29, 0.717) is 11.0 Å². The van der Waals surface area contributed by atoms with Crippen molar-refractivity contribution in [2.75, 3.05) is 32.1 Å². The molecular formula is C21H23N7O5S2. The highest BCUT2D eigenvalue weighted by Crippen LogP contribution is 2.29. The van der Waals surface area contributed by atoms with Crippen molar-refractivity contribution < 1.29 is 18.0 Å². The predicted molar refractivity (Wildman–Crippen MR) is 135 cm³/mol. The first-order chi connectivity index (χ1) is 16.7. The lowest BCUT2D eigenvalue weighted by Crippen LogP contribution is -2.21. The molecule has 0 radical (unpaired) electrons. The van der Waals surface area contributed by atoms with Crippen LogP contribution in [0.3, 0.4) is 0 Å². The lowest BCUT2D eigenvalue weighted by atomic mass is 10.1. The van der Waals surface area contributed by atoms with Gasteiger partial charge >= 0.3 is 15.6 Å². The number of oxime groups is 1. The van der Waals surface area contributed by atoms with E-state index in [9.17, 15) is 18.4 Å². The molecule has 3 heterocycles. The van der Waals surface area contributed by atoms with Gasteiger partial charge in [0.05, 0.1) is 11.8 Å². The van der Waals surface area contributed by atoms with Crippen molar-refractivity contribution in [1.82, 2.24) is 19.5 Å². The molecule has 1 N–H and O–H groups in total. The van der Waals surface area contributed by atoms with E-state index in [1.807, 2.05) is 32.0 Å². The number of imidazole rings is 1. The maximum Gasteiger partial charge on any atom is 0.345 e. The van der Waals surface area contributed by atoms with Crippen LogP contribution in [0.25, 0.3) is 27.2 Å². The van der Waals surface area contributed by atoms with Gasteiger partial charge in [0.1, 0.15) is 23.3 Å². The molecule has 0 saturated carbocycles. The van der Waals surface area contributed by atoms with Crippen molar-refractivity contribution in [3.8, 4) is 11.3 Å². The summed E-state index contributed by atoms with van der Waals surface area (Å²) < 4.78 is 35.0. The Morgan fingerprint density at radius 2 is 1.97 bits per heavy atom. The Morgan fingerprint density at radius 3 is 2.63 bits per heavy atom. The maximum absolute atomic E-state index is 12.9. The molecule has 0 unspecified atom stereocenters. The highest BCUT2D eigenvalue weighted by Gasteiger charge is 2.25. The molecule has 184 valence electrons. The molecule has 0 amide bonds. The summed E-state index contributed by atoms with van der Waals surface area (Å²) in [5.74, 6) is 0. The van der Waals surface area contributed by atoms with Gasteiger partial charge in [-0.15, -0.1) is 9.50 Å². The van der Waals surface area contributed by atoms with Crippen molar-refractivity contribution in [3.05, 3.63) is 40.4 Å². The van der Waals surface area contributed by atoms with Gasteiger partial charge in [0, 0.05) is 44.3 Å². The fraction of sp³-hybridized carbons (Fsp3) is 0.286. The Labute approximate surface area is 204 Å². The zero-order chi connectivity index (χ0) is 25.3.